The minimum Gasteiger partial charge on any atom is -0.348 e. The lowest BCUT2D eigenvalue weighted by Crippen LogP contribution is -2.41. The molecule has 2 rings (SSSR count). The number of hydrogen-bond donors (Lipinski definition) is 2. The van der Waals surface area contributed by atoms with Gasteiger partial charge in [-0.2, -0.15) is 0 Å². The summed E-state index contributed by atoms with van der Waals surface area (Å²) in [6.07, 6.45) is -0.432. The van der Waals surface area contributed by atoms with Crippen LogP contribution in [-0.4, -0.2) is 24.4 Å². The Kier molecular flexibility index (Phi) is 5.70. The number of amides is 1. The third kappa shape index (κ3) is 4.38. The first kappa shape index (κ1) is 17.9. The zero-order chi connectivity index (χ0) is 14.9. The average molecular weight is 319 g/mol. The first-order valence-corrected chi connectivity index (χ1v) is 6.77. The second-order valence-electron chi connectivity index (χ2n) is 5.57. The maximum atomic E-state index is 13.1. The van der Waals surface area contributed by atoms with Crippen molar-refractivity contribution in [3.05, 3.63) is 34.9 Å². The molecule has 2 atom stereocenters. The maximum absolute atomic E-state index is 13.1. The van der Waals surface area contributed by atoms with Gasteiger partial charge in [-0.25, -0.2) is 8.78 Å². The molecule has 0 saturated carbocycles. The standard InChI is InChI=1S/C15H20F2N2O.ClH/c1-9-4-5-12(6-10(9)2)11(3)19-14(20)13-7-15(16,17)8-18-13;/h4-6,11,13,18H,7-8H2,1-3H3,(H,19,20);1H. The Morgan fingerprint density at radius 2 is 2.05 bits per heavy atom. The normalized spacial score (nSPS) is 21.5. The largest absolute Gasteiger partial charge is 0.348 e. The van der Waals surface area contributed by atoms with Crippen molar-refractivity contribution in [3.63, 3.8) is 0 Å². The summed E-state index contributed by atoms with van der Waals surface area (Å²) in [5, 5.41) is 5.35. The molecule has 1 aliphatic heterocycles. The molecule has 1 amide bonds. The molecular weight excluding hydrogens is 298 g/mol. The Labute approximate surface area is 129 Å². The molecule has 3 nitrogen and oxygen atoms in total. The van der Waals surface area contributed by atoms with E-state index >= 15 is 0 Å². The van der Waals surface area contributed by atoms with Gasteiger partial charge in [-0.05, 0) is 37.5 Å². The number of aryl methyl sites for hydroxylation is 2. The van der Waals surface area contributed by atoms with Gasteiger partial charge in [0.15, 0.2) is 0 Å². The highest BCUT2D eigenvalue weighted by Crippen LogP contribution is 2.25. The van der Waals surface area contributed by atoms with E-state index in [2.05, 4.69) is 10.6 Å². The Morgan fingerprint density at radius 3 is 2.57 bits per heavy atom. The second-order valence-corrected chi connectivity index (χ2v) is 5.57. The lowest BCUT2D eigenvalue weighted by Gasteiger charge is -2.18. The van der Waals surface area contributed by atoms with Gasteiger partial charge in [0.25, 0.3) is 5.92 Å². The molecule has 0 aliphatic carbocycles. The van der Waals surface area contributed by atoms with E-state index in [-0.39, 0.29) is 24.4 Å². The van der Waals surface area contributed by atoms with E-state index in [0.717, 1.165) is 11.1 Å². The SMILES string of the molecule is Cc1ccc(C(C)NC(=O)C2CC(F)(F)CN2)cc1C.Cl. The molecule has 118 valence electrons. The molecule has 1 saturated heterocycles. The van der Waals surface area contributed by atoms with E-state index in [9.17, 15) is 13.6 Å². The minimum atomic E-state index is -2.79. The Bertz CT molecular complexity index is 522. The van der Waals surface area contributed by atoms with E-state index in [4.69, 9.17) is 0 Å². The molecule has 2 unspecified atom stereocenters. The maximum Gasteiger partial charge on any atom is 0.262 e. The van der Waals surface area contributed by atoms with Crippen LogP contribution in [0.15, 0.2) is 18.2 Å². The summed E-state index contributed by atoms with van der Waals surface area (Å²) in [4.78, 5) is 12.0. The van der Waals surface area contributed by atoms with Gasteiger partial charge in [-0.3, -0.25) is 10.1 Å². The molecule has 0 radical (unpaired) electrons. The molecule has 6 heteroatoms. The number of carbonyl (C=O) groups excluding carboxylic acids is 1. The van der Waals surface area contributed by atoms with Crippen molar-refractivity contribution >= 4 is 18.3 Å². The van der Waals surface area contributed by atoms with E-state index in [1.165, 1.54) is 5.56 Å². The van der Waals surface area contributed by atoms with Gasteiger partial charge >= 0.3 is 0 Å². The summed E-state index contributed by atoms with van der Waals surface area (Å²) in [6, 6.07) is 4.95. The molecule has 1 heterocycles. The van der Waals surface area contributed by atoms with Gasteiger partial charge in [0.2, 0.25) is 5.91 Å². The van der Waals surface area contributed by atoms with Crippen LogP contribution in [0, 0.1) is 13.8 Å². The van der Waals surface area contributed by atoms with Crippen LogP contribution in [0.5, 0.6) is 0 Å². The number of hydrogen-bond acceptors (Lipinski definition) is 2. The van der Waals surface area contributed by atoms with Crippen molar-refractivity contribution < 1.29 is 13.6 Å². The molecule has 1 fully saturated rings. The first-order chi connectivity index (χ1) is 9.28. The summed E-state index contributed by atoms with van der Waals surface area (Å²) in [6.45, 7) is 5.46. The molecule has 1 aliphatic rings. The van der Waals surface area contributed by atoms with Crippen LogP contribution >= 0.6 is 12.4 Å². The van der Waals surface area contributed by atoms with Gasteiger partial charge in [0.1, 0.15) is 0 Å². The predicted molar refractivity (Wildman–Crippen MR) is 81.1 cm³/mol. The molecule has 1 aromatic carbocycles. The van der Waals surface area contributed by atoms with E-state index in [1.54, 1.807) is 0 Å². The zero-order valence-corrected chi connectivity index (χ0v) is 13.2. The molecule has 1 aromatic rings. The highest BCUT2D eigenvalue weighted by Gasteiger charge is 2.42. The van der Waals surface area contributed by atoms with Gasteiger partial charge < -0.3 is 5.32 Å². The predicted octanol–water partition coefficient (Wildman–Crippen LogP) is 2.90. The number of nitrogens with one attached hydrogen (secondary N) is 2. The Balaban J connectivity index is 0.00000220. The Morgan fingerprint density at radius 1 is 1.38 bits per heavy atom. The lowest BCUT2D eigenvalue weighted by molar-refractivity contribution is -0.124. The summed E-state index contributed by atoms with van der Waals surface area (Å²) < 4.78 is 26.1. The smallest absolute Gasteiger partial charge is 0.262 e. The van der Waals surface area contributed by atoms with Crippen LogP contribution in [0.2, 0.25) is 0 Å². The van der Waals surface area contributed by atoms with E-state index < -0.39 is 24.9 Å². The summed E-state index contributed by atoms with van der Waals surface area (Å²) >= 11 is 0. The van der Waals surface area contributed by atoms with Crippen molar-refractivity contribution in [3.8, 4) is 0 Å². The molecule has 0 spiro atoms. The van der Waals surface area contributed by atoms with Crippen LogP contribution in [0.3, 0.4) is 0 Å². The highest BCUT2D eigenvalue weighted by atomic mass is 35.5. The van der Waals surface area contributed by atoms with E-state index in [0.29, 0.717) is 0 Å². The summed E-state index contributed by atoms with van der Waals surface area (Å²) in [5.74, 6) is -3.15. The van der Waals surface area contributed by atoms with E-state index in [1.807, 2.05) is 39.0 Å². The van der Waals surface area contributed by atoms with Crippen molar-refractivity contribution in [1.29, 1.82) is 0 Å². The molecule has 0 aromatic heterocycles. The van der Waals surface area contributed by atoms with Crippen LogP contribution in [0.25, 0.3) is 0 Å². The van der Waals surface area contributed by atoms with Crippen LogP contribution in [-0.2, 0) is 4.79 Å². The number of benzene rings is 1. The topological polar surface area (TPSA) is 41.1 Å². The molecule has 2 N–H and O–H groups in total. The number of rotatable bonds is 3. The Hall–Kier alpha value is -1.20. The van der Waals surface area contributed by atoms with Crippen LogP contribution in [0.1, 0.15) is 36.1 Å². The monoisotopic (exact) mass is 318 g/mol. The van der Waals surface area contributed by atoms with Gasteiger partial charge in [0, 0.05) is 6.42 Å². The van der Waals surface area contributed by atoms with Crippen LogP contribution in [0.4, 0.5) is 8.78 Å². The van der Waals surface area contributed by atoms with Crippen molar-refractivity contribution in [1.82, 2.24) is 10.6 Å². The fraction of sp³-hybridized carbons (Fsp3) is 0.533. The second kappa shape index (κ2) is 6.71. The van der Waals surface area contributed by atoms with Gasteiger partial charge in [0.05, 0.1) is 18.6 Å². The van der Waals surface area contributed by atoms with Crippen LogP contribution < -0.4 is 10.6 Å². The number of carbonyl (C=O) groups is 1. The quantitative estimate of drug-likeness (QED) is 0.899. The first-order valence-electron chi connectivity index (χ1n) is 6.77. The highest BCUT2D eigenvalue weighted by molar-refractivity contribution is 5.85. The lowest BCUT2D eigenvalue weighted by atomic mass is 10.0. The third-order valence-corrected chi connectivity index (χ3v) is 3.82. The van der Waals surface area contributed by atoms with Gasteiger partial charge in [-0.1, -0.05) is 18.2 Å². The van der Waals surface area contributed by atoms with Crippen molar-refractivity contribution in [2.45, 2.75) is 45.2 Å². The summed E-state index contributed by atoms with van der Waals surface area (Å²) in [5.41, 5.74) is 3.31. The van der Waals surface area contributed by atoms with Crippen molar-refractivity contribution in [2.75, 3.05) is 6.54 Å². The zero-order valence-electron chi connectivity index (χ0n) is 12.4. The molecule has 21 heavy (non-hydrogen) atoms. The van der Waals surface area contributed by atoms with Crippen molar-refractivity contribution in [2.24, 2.45) is 0 Å². The molecule has 0 bridgehead atoms. The average Bonchev–Trinajstić information content (AvgIpc) is 2.73. The minimum absolute atomic E-state index is 0. The fourth-order valence-corrected chi connectivity index (χ4v) is 2.33. The van der Waals surface area contributed by atoms with Gasteiger partial charge in [-0.15, -0.1) is 12.4 Å². The number of halogens is 3. The third-order valence-electron chi connectivity index (χ3n) is 3.82. The number of alkyl halides is 2. The molecular formula is C15H21ClF2N2O. The fourth-order valence-electron chi connectivity index (χ4n) is 2.33. The summed E-state index contributed by atoms with van der Waals surface area (Å²) in [7, 11) is 0.